The summed E-state index contributed by atoms with van der Waals surface area (Å²) in [6.07, 6.45) is 0. The first-order chi connectivity index (χ1) is 13.1. The third kappa shape index (κ3) is 2.34. The van der Waals surface area contributed by atoms with E-state index in [1.54, 1.807) is 6.92 Å². The molecule has 130 valence electrons. The number of carboxylic acid groups (broad SMARTS) is 1. The molecule has 7 nitrogen and oxygen atoms in total. The standard InChI is InChI=1S/C20H13N5O2/c1-11-17(19(26)27)18(14-8-4-6-12-5-2-3-7-13(12)14)25-16(10-22)15(9-21)24-20(25)23-11/h2-8,18H,1H3,(H,23,24)(H,26,27). The second kappa shape index (κ2) is 6.01. The van der Waals surface area contributed by atoms with Crippen molar-refractivity contribution < 1.29 is 9.90 Å². The second-order valence-electron chi connectivity index (χ2n) is 6.17. The molecule has 0 aliphatic carbocycles. The van der Waals surface area contributed by atoms with Gasteiger partial charge >= 0.3 is 5.97 Å². The average molecular weight is 355 g/mol. The van der Waals surface area contributed by atoms with Crippen molar-refractivity contribution in [3.05, 3.63) is 70.7 Å². The molecule has 3 aromatic rings. The number of nitriles is 2. The van der Waals surface area contributed by atoms with Gasteiger partial charge in [-0.15, -0.1) is 0 Å². The van der Waals surface area contributed by atoms with Crippen molar-refractivity contribution in [1.29, 1.82) is 10.5 Å². The van der Waals surface area contributed by atoms with Crippen LogP contribution < -0.4 is 5.32 Å². The number of anilines is 1. The van der Waals surface area contributed by atoms with E-state index < -0.39 is 12.0 Å². The van der Waals surface area contributed by atoms with Gasteiger partial charge in [0, 0.05) is 5.70 Å². The van der Waals surface area contributed by atoms with Crippen LogP contribution in [-0.2, 0) is 4.79 Å². The van der Waals surface area contributed by atoms with Crippen LogP contribution in [0.5, 0.6) is 0 Å². The number of imidazole rings is 1. The zero-order chi connectivity index (χ0) is 19.1. The summed E-state index contributed by atoms with van der Waals surface area (Å²) in [4.78, 5) is 16.3. The van der Waals surface area contributed by atoms with E-state index in [0.717, 1.165) is 16.3 Å². The SMILES string of the molecule is CC1=C(C(=O)O)C(c2cccc3ccccc23)n2c(nc(C#N)c2C#N)N1. The van der Waals surface area contributed by atoms with E-state index in [1.165, 1.54) is 4.57 Å². The Bertz CT molecular complexity index is 1220. The summed E-state index contributed by atoms with van der Waals surface area (Å²) in [7, 11) is 0. The second-order valence-corrected chi connectivity index (χ2v) is 6.17. The number of fused-ring (bicyclic) bond motifs is 2. The maximum atomic E-state index is 12.1. The monoisotopic (exact) mass is 355 g/mol. The molecule has 1 atom stereocenters. The van der Waals surface area contributed by atoms with Gasteiger partial charge in [0.1, 0.15) is 12.1 Å². The number of aliphatic carboxylic acids is 1. The predicted octanol–water partition coefficient (Wildman–Crippen LogP) is 3.15. The van der Waals surface area contributed by atoms with Crippen LogP contribution in [0.25, 0.3) is 10.8 Å². The van der Waals surface area contributed by atoms with Gasteiger partial charge in [-0.05, 0) is 23.3 Å². The average Bonchev–Trinajstić information content (AvgIpc) is 3.03. The minimum absolute atomic E-state index is 0.0317. The Kier molecular flexibility index (Phi) is 3.64. The third-order valence-electron chi connectivity index (χ3n) is 4.71. The molecule has 0 fully saturated rings. The normalized spacial score (nSPS) is 15.6. The fraction of sp³-hybridized carbons (Fsp3) is 0.100. The van der Waals surface area contributed by atoms with Crippen LogP contribution in [0.3, 0.4) is 0 Å². The van der Waals surface area contributed by atoms with Crippen LogP contribution >= 0.6 is 0 Å². The number of carboxylic acids is 1. The smallest absolute Gasteiger partial charge is 0.335 e. The van der Waals surface area contributed by atoms with E-state index in [4.69, 9.17) is 0 Å². The van der Waals surface area contributed by atoms with Gasteiger partial charge < -0.3 is 10.4 Å². The van der Waals surface area contributed by atoms with Gasteiger partial charge in [-0.25, -0.2) is 9.78 Å². The molecule has 0 spiro atoms. The van der Waals surface area contributed by atoms with Crippen LogP contribution in [-0.4, -0.2) is 20.6 Å². The number of aromatic nitrogens is 2. The Morgan fingerprint density at radius 2 is 1.93 bits per heavy atom. The van der Waals surface area contributed by atoms with Crippen LogP contribution in [0.4, 0.5) is 5.95 Å². The Hall–Kier alpha value is -4.10. The molecule has 2 heterocycles. The summed E-state index contributed by atoms with van der Waals surface area (Å²) >= 11 is 0. The molecular weight excluding hydrogens is 342 g/mol. The van der Waals surface area contributed by atoms with Gasteiger partial charge in [0.05, 0.1) is 11.6 Å². The topological polar surface area (TPSA) is 115 Å². The first kappa shape index (κ1) is 16.4. The lowest BCUT2D eigenvalue weighted by atomic mass is 9.91. The van der Waals surface area contributed by atoms with Gasteiger partial charge in [0.2, 0.25) is 5.95 Å². The minimum Gasteiger partial charge on any atom is -0.478 e. The number of nitrogens with zero attached hydrogens (tertiary/aromatic N) is 4. The highest BCUT2D eigenvalue weighted by atomic mass is 16.4. The number of hydrogen-bond acceptors (Lipinski definition) is 5. The van der Waals surface area contributed by atoms with Gasteiger partial charge in [0.25, 0.3) is 0 Å². The lowest BCUT2D eigenvalue weighted by Crippen LogP contribution is -2.28. The number of carbonyl (C=O) groups is 1. The zero-order valence-corrected chi connectivity index (χ0v) is 14.3. The largest absolute Gasteiger partial charge is 0.478 e. The number of hydrogen-bond donors (Lipinski definition) is 2. The molecule has 0 bridgehead atoms. The summed E-state index contributed by atoms with van der Waals surface area (Å²) in [6.45, 7) is 1.65. The van der Waals surface area contributed by atoms with E-state index in [9.17, 15) is 20.4 Å². The Balaban J connectivity index is 2.11. The fourth-order valence-corrected chi connectivity index (χ4v) is 3.59. The number of benzene rings is 2. The van der Waals surface area contributed by atoms with Crippen molar-refractivity contribution >= 4 is 22.7 Å². The maximum absolute atomic E-state index is 12.1. The van der Waals surface area contributed by atoms with Gasteiger partial charge in [-0.1, -0.05) is 42.5 Å². The molecule has 7 heteroatoms. The summed E-state index contributed by atoms with van der Waals surface area (Å²) in [6, 6.07) is 16.4. The number of rotatable bonds is 2. The van der Waals surface area contributed by atoms with E-state index in [1.807, 2.05) is 54.6 Å². The third-order valence-corrected chi connectivity index (χ3v) is 4.71. The van der Waals surface area contributed by atoms with Crippen molar-refractivity contribution in [3.63, 3.8) is 0 Å². The summed E-state index contributed by atoms with van der Waals surface area (Å²) in [5, 5.41) is 33.6. The van der Waals surface area contributed by atoms with Crippen LogP contribution in [0, 0.1) is 22.7 Å². The van der Waals surface area contributed by atoms with E-state index in [2.05, 4.69) is 10.3 Å². The summed E-state index contributed by atoms with van der Waals surface area (Å²) in [5.74, 6) is -0.816. The van der Waals surface area contributed by atoms with E-state index >= 15 is 0 Å². The zero-order valence-electron chi connectivity index (χ0n) is 14.3. The molecule has 1 aliphatic rings. The van der Waals surface area contributed by atoms with Gasteiger partial charge in [-0.3, -0.25) is 4.57 Å². The van der Waals surface area contributed by atoms with Crippen LogP contribution in [0.15, 0.2) is 53.7 Å². The van der Waals surface area contributed by atoms with Gasteiger partial charge in [-0.2, -0.15) is 10.5 Å². The van der Waals surface area contributed by atoms with Crippen molar-refractivity contribution in [2.45, 2.75) is 13.0 Å². The quantitative estimate of drug-likeness (QED) is 0.730. The Morgan fingerprint density at radius 3 is 2.63 bits per heavy atom. The van der Waals surface area contributed by atoms with Crippen molar-refractivity contribution in [2.75, 3.05) is 5.32 Å². The minimum atomic E-state index is -1.10. The van der Waals surface area contributed by atoms with Crippen LogP contribution in [0.2, 0.25) is 0 Å². The van der Waals surface area contributed by atoms with E-state index in [0.29, 0.717) is 5.70 Å². The molecule has 1 aromatic heterocycles. The lowest BCUT2D eigenvalue weighted by molar-refractivity contribution is -0.133. The maximum Gasteiger partial charge on any atom is 0.335 e. The molecule has 4 rings (SSSR count). The first-order valence-electron chi connectivity index (χ1n) is 8.18. The molecule has 0 saturated carbocycles. The highest BCUT2D eigenvalue weighted by Gasteiger charge is 2.36. The van der Waals surface area contributed by atoms with Crippen molar-refractivity contribution in [3.8, 4) is 12.1 Å². The molecule has 27 heavy (non-hydrogen) atoms. The lowest BCUT2D eigenvalue weighted by Gasteiger charge is -2.29. The fourth-order valence-electron chi connectivity index (χ4n) is 3.59. The highest BCUT2D eigenvalue weighted by molar-refractivity contribution is 5.94. The molecule has 0 amide bonds. The molecule has 1 aliphatic heterocycles. The van der Waals surface area contributed by atoms with Crippen molar-refractivity contribution in [1.82, 2.24) is 9.55 Å². The molecule has 2 aromatic carbocycles. The van der Waals surface area contributed by atoms with Crippen molar-refractivity contribution in [2.24, 2.45) is 0 Å². The Labute approximate surface area is 154 Å². The van der Waals surface area contributed by atoms with E-state index in [-0.39, 0.29) is 22.9 Å². The molecule has 1 unspecified atom stereocenters. The number of allylic oxidation sites excluding steroid dienone is 1. The summed E-state index contributed by atoms with van der Waals surface area (Å²) < 4.78 is 1.50. The Morgan fingerprint density at radius 1 is 1.19 bits per heavy atom. The molecule has 2 N–H and O–H groups in total. The molecular formula is C20H13N5O2. The molecule has 0 radical (unpaired) electrons. The van der Waals surface area contributed by atoms with Gasteiger partial charge in [0.15, 0.2) is 11.4 Å². The number of nitrogens with one attached hydrogen (secondary N) is 1. The predicted molar refractivity (Wildman–Crippen MR) is 97.7 cm³/mol. The first-order valence-corrected chi connectivity index (χ1v) is 8.18. The summed E-state index contributed by atoms with van der Waals surface area (Å²) in [5.41, 5.74) is 1.25. The van der Waals surface area contributed by atoms with Crippen LogP contribution in [0.1, 0.15) is 29.9 Å². The molecule has 0 saturated heterocycles. The highest BCUT2D eigenvalue weighted by Crippen LogP contribution is 2.40.